The van der Waals surface area contributed by atoms with Gasteiger partial charge in [-0.15, -0.1) is 0 Å². The third-order valence-electron chi connectivity index (χ3n) is 4.64. The SMILES string of the molecule is c1ccc(-n2ccc(CN3CCCCC3Cn3cncn3)n2)cc1. The van der Waals surface area contributed by atoms with Gasteiger partial charge in [0.2, 0.25) is 0 Å². The lowest BCUT2D eigenvalue weighted by Gasteiger charge is -2.35. The van der Waals surface area contributed by atoms with E-state index in [-0.39, 0.29) is 0 Å². The van der Waals surface area contributed by atoms with E-state index in [4.69, 9.17) is 5.10 Å². The first-order chi connectivity index (χ1) is 11.9. The van der Waals surface area contributed by atoms with Gasteiger partial charge in [-0.3, -0.25) is 9.58 Å². The van der Waals surface area contributed by atoms with Crippen molar-refractivity contribution in [2.45, 2.75) is 38.4 Å². The fourth-order valence-corrected chi connectivity index (χ4v) is 3.40. The van der Waals surface area contributed by atoms with Crippen LogP contribution in [0.2, 0.25) is 0 Å². The maximum atomic E-state index is 4.75. The Labute approximate surface area is 141 Å². The van der Waals surface area contributed by atoms with Crippen molar-refractivity contribution in [1.82, 2.24) is 29.4 Å². The molecule has 1 saturated heterocycles. The molecule has 24 heavy (non-hydrogen) atoms. The fourth-order valence-electron chi connectivity index (χ4n) is 3.40. The van der Waals surface area contributed by atoms with Gasteiger partial charge >= 0.3 is 0 Å². The van der Waals surface area contributed by atoms with Crippen LogP contribution in [0.15, 0.2) is 55.2 Å². The molecule has 0 spiro atoms. The van der Waals surface area contributed by atoms with Crippen molar-refractivity contribution >= 4 is 0 Å². The van der Waals surface area contributed by atoms with Gasteiger partial charge in [0, 0.05) is 18.8 Å². The summed E-state index contributed by atoms with van der Waals surface area (Å²) in [5.41, 5.74) is 2.21. The quantitative estimate of drug-likeness (QED) is 0.724. The average Bonchev–Trinajstić information content (AvgIpc) is 3.29. The second-order valence-electron chi connectivity index (χ2n) is 6.32. The van der Waals surface area contributed by atoms with Crippen molar-refractivity contribution in [3.05, 3.63) is 60.9 Å². The molecular weight excluding hydrogens is 300 g/mol. The normalized spacial score (nSPS) is 18.8. The lowest BCUT2D eigenvalue weighted by Crippen LogP contribution is -2.41. The van der Waals surface area contributed by atoms with Crippen molar-refractivity contribution < 1.29 is 0 Å². The zero-order valence-corrected chi connectivity index (χ0v) is 13.7. The molecule has 0 aliphatic carbocycles. The molecule has 4 rings (SSSR count). The van der Waals surface area contributed by atoms with Crippen molar-refractivity contribution in [3.63, 3.8) is 0 Å². The van der Waals surface area contributed by atoms with E-state index < -0.39 is 0 Å². The third-order valence-corrected chi connectivity index (χ3v) is 4.64. The van der Waals surface area contributed by atoms with Gasteiger partial charge in [-0.05, 0) is 37.6 Å². The summed E-state index contributed by atoms with van der Waals surface area (Å²) in [6, 6.07) is 12.9. The van der Waals surface area contributed by atoms with E-state index in [1.165, 1.54) is 19.3 Å². The molecule has 6 nitrogen and oxygen atoms in total. The molecular formula is C18H22N6. The Hall–Kier alpha value is -2.47. The van der Waals surface area contributed by atoms with Crippen LogP contribution in [-0.2, 0) is 13.1 Å². The molecule has 0 N–H and O–H groups in total. The number of rotatable bonds is 5. The van der Waals surface area contributed by atoms with Crippen molar-refractivity contribution in [2.24, 2.45) is 0 Å². The lowest BCUT2D eigenvalue weighted by molar-refractivity contribution is 0.120. The number of para-hydroxylation sites is 1. The van der Waals surface area contributed by atoms with Crippen molar-refractivity contribution in [1.29, 1.82) is 0 Å². The predicted molar refractivity (Wildman–Crippen MR) is 91.6 cm³/mol. The highest BCUT2D eigenvalue weighted by molar-refractivity contribution is 5.30. The van der Waals surface area contributed by atoms with E-state index >= 15 is 0 Å². The number of aromatic nitrogens is 5. The first-order valence-electron chi connectivity index (χ1n) is 8.55. The second kappa shape index (κ2) is 6.97. The number of piperidine rings is 1. The molecule has 3 heterocycles. The number of likely N-dealkylation sites (tertiary alicyclic amines) is 1. The van der Waals surface area contributed by atoms with Gasteiger partial charge in [-0.2, -0.15) is 10.2 Å². The monoisotopic (exact) mass is 322 g/mol. The Morgan fingerprint density at radius 3 is 2.83 bits per heavy atom. The Bertz CT molecular complexity index is 749. The highest BCUT2D eigenvalue weighted by Gasteiger charge is 2.23. The largest absolute Gasteiger partial charge is 0.293 e. The minimum atomic E-state index is 0.502. The smallest absolute Gasteiger partial charge is 0.137 e. The van der Waals surface area contributed by atoms with Crippen LogP contribution in [0.5, 0.6) is 0 Å². The van der Waals surface area contributed by atoms with E-state index in [0.717, 1.165) is 31.0 Å². The minimum absolute atomic E-state index is 0.502. The van der Waals surface area contributed by atoms with Crippen LogP contribution in [0.1, 0.15) is 25.0 Å². The summed E-state index contributed by atoms with van der Waals surface area (Å²) >= 11 is 0. The standard InChI is InChI=1S/C18H22N6/c1-2-6-17(7-3-1)24-11-9-16(21-24)12-22-10-5-4-8-18(22)13-23-15-19-14-20-23/h1-3,6-7,9,11,14-15,18H,4-5,8,10,12-13H2. The molecule has 0 saturated carbocycles. The summed E-state index contributed by atoms with van der Waals surface area (Å²) in [5, 5.41) is 9.00. The summed E-state index contributed by atoms with van der Waals surface area (Å²) in [6.07, 6.45) is 9.20. The summed E-state index contributed by atoms with van der Waals surface area (Å²) in [4.78, 5) is 6.58. The van der Waals surface area contributed by atoms with Crippen molar-refractivity contribution in [2.75, 3.05) is 6.54 Å². The van der Waals surface area contributed by atoms with Crippen molar-refractivity contribution in [3.8, 4) is 5.69 Å². The molecule has 1 aliphatic heterocycles. The van der Waals surface area contributed by atoms with Gasteiger partial charge in [0.1, 0.15) is 12.7 Å². The fraction of sp³-hybridized carbons (Fsp3) is 0.389. The van der Waals surface area contributed by atoms with Gasteiger partial charge in [-0.1, -0.05) is 24.6 Å². The van der Waals surface area contributed by atoms with Crippen LogP contribution in [0.3, 0.4) is 0 Å². The molecule has 124 valence electrons. The van der Waals surface area contributed by atoms with Crippen LogP contribution in [-0.4, -0.2) is 42.0 Å². The molecule has 3 aromatic rings. The molecule has 0 bridgehead atoms. The lowest BCUT2D eigenvalue weighted by atomic mass is 10.0. The maximum absolute atomic E-state index is 4.75. The molecule has 1 aliphatic rings. The van der Waals surface area contributed by atoms with Crippen LogP contribution in [0.4, 0.5) is 0 Å². The van der Waals surface area contributed by atoms with Crippen LogP contribution in [0, 0.1) is 0 Å². The van der Waals surface area contributed by atoms with Crippen LogP contribution >= 0.6 is 0 Å². The molecule has 1 unspecified atom stereocenters. The highest BCUT2D eigenvalue weighted by Crippen LogP contribution is 2.20. The minimum Gasteiger partial charge on any atom is -0.293 e. The zero-order chi connectivity index (χ0) is 16.2. The Kier molecular flexibility index (Phi) is 4.38. The Morgan fingerprint density at radius 2 is 2.00 bits per heavy atom. The van der Waals surface area contributed by atoms with E-state index in [1.54, 1.807) is 12.7 Å². The van der Waals surface area contributed by atoms with E-state index in [9.17, 15) is 0 Å². The number of nitrogens with zero attached hydrogens (tertiary/aromatic N) is 6. The summed E-state index contributed by atoms with van der Waals surface area (Å²) in [5.74, 6) is 0. The molecule has 0 radical (unpaired) electrons. The maximum Gasteiger partial charge on any atom is 0.137 e. The van der Waals surface area contributed by atoms with Crippen LogP contribution in [0.25, 0.3) is 5.69 Å². The Morgan fingerprint density at radius 1 is 1.08 bits per heavy atom. The first-order valence-corrected chi connectivity index (χ1v) is 8.55. The highest BCUT2D eigenvalue weighted by atomic mass is 15.3. The summed E-state index contributed by atoms with van der Waals surface area (Å²) < 4.78 is 3.89. The number of hydrogen-bond acceptors (Lipinski definition) is 4. The molecule has 1 aromatic carbocycles. The predicted octanol–water partition coefficient (Wildman–Crippen LogP) is 2.52. The van der Waals surface area contributed by atoms with Crippen LogP contribution < -0.4 is 0 Å². The molecule has 1 atom stereocenters. The number of hydrogen-bond donors (Lipinski definition) is 0. The average molecular weight is 322 g/mol. The molecule has 1 fully saturated rings. The molecule has 6 heteroatoms. The third kappa shape index (κ3) is 3.38. The molecule has 2 aromatic heterocycles. The molecule has 0 amide bonds. The van der Waals surface area contributed by atoms with Gasteiger partial charge < -0.3 is 0 Å². The Balaban J connectivity index is 1.46. The topological polar surface area (TPSA) is 51.8 Å². The zero-order valence-electron chi connectivity index (χ0n) is 13.7. The summed E-state index contributed by atoms with van der Waals surface area (Å²) in [7, 11) is 0. The number of benzene rings is 1. The van der Waals surface area contributed by atoms with E-state index in [0.29, 0.717) is 6.04 Å². The van der Waals surface area contributed by atoms with E-state index in [2.05, 4.69) is 33.2 Å². The summed E-state index contributed by atoms with van der Waals surface area (Å²) in [6.45, 7) is 2.91. The van der Waals surface area contributed by atoms with E-state index in [1.807, 2.05) is 33.8 Å². The van der Waals surface area contributed by atoms with Gasteiger partial charge in [-0.25, -0.2) is 9.67 Å². The van der Waals surface area contributed by atoms with Gasteiger partial charge in [0.25, 0.3) is 0 Å². The first kappa shape index (κ1) is 15.1. The van der Waals surface area contributed by atoms with Gasteiger partial charge in [0.15, 0.2) is 0 Å². The van der Waals surface area contributed by atoms with Gasteiger partial charge in [0.05, 0.1) is 17.9 Å². The second-order valence-corrected chi connectivity index (χ2v) is 6.32.